The highest BCUT2D eigenvalue weighted by molar-refractivity contribution is 6.30. The summed E-state index contributed by atoms with van der Waals surface area (Å²) in [4.78, 5) is 14.0. The molecule has 0 unspecified atom stereocenters. The molecule has 0 fully saturated rings. The average Bonchev–Trinajstić information content (AvgIpc) is 2.69. The van der Waals surface area contributed by atoms with Gasteiger partial charge in [0.25, 0.3) is 0 Å². The Morgan fingerprint density at radius 1 is 1.04 bits per heavy atom. The zero-order valence-corrected chi connectivity index (χ0v) is 16.3. The van der Waals surface area contributed by atoms with E-state index in [9.17, 15) is 4.79 Å². The summed E-state index contributed by atoms with van der Waals surface area (Å²) in [6.45, 7) is 0. The molecule has 2 N–H and O–H groups in total. The van der Waals surface area contributed by atoms with Crippen LogP contribution >= 0.6 is 11.6 Å². The molecular weight excluding hydrogens is 374 g/mol. The smallest absolute Gasteiger partial charge is 0.248 e. The number of anilines is 4. The van der Waals surface area contributed by atoms with Crippen LogP contribution in [0, 0.1) is 0 Å². The Hall–Kier alpha value is -3.38. The maximum absolute atomic E-state index is 12.1. The molecule has 0 atom stereocenters. The quantitative estimate of drug-likeness (QED) is 0.599. The molecule has 3 rings (SSSR count). The van der Waals surface area contributed by atoms with Gasteiger partial charge < -0.3 is 15.5 Å². The van der Waals surface area contributed by atoms with Crippen LogP contribution in [-0.4, -0.2) is 30.2 Å². The number of amides is 1. The second kappa shape index (κ2) is 9.01. The van der Waals surface area contributed by atoms with Gasteiger partial charge in [-0.15, -0.1) is 5.10 Å². The molecule has 7 heteroatoms. The number of carbonyl (C=O) groups excluding carboxylic acids is 1. The lowest BCUT2D eigenvalue weighted by Crippen LogP contribution is -2.10. The number of halogens is 1. The van der Waals surface area contributed by atoms with Gasteiger partial charge in [-0.1, -0.05) is 23.7 Å². The topological polar surface area (TPSA) is 70.2 Å². The Kier molecular flexibility index (Phi) is 6.24. The van der Waals surface area contributed by atoms with Crippen LogP contribution in [0.15, 0.2) is 66.9 Å². The van der Waals surface area contributed by atoms with E-state index in [1.165, 1.54) is 6.08 Å². The minimum Gasteiger partial charge on any atom is -0.376 e. The average molecular weight is 394 g/mol. The van der Waals surface area contributed by atoms with Crippen molar-refractivity contribution in [3.8, 4) is 0 Å². The van der Waals surface area contributed by atoms with Gasteiger partial charge in [0.2, 0.25) is 5.91 Å². The van der Waals surface area contributed by atoms with E-state index in [1.807, 2.05) is 61.5 Å². The first-order valence-electron chi connectivity index (χ1n) is 8.61. The molecule has 0 saturated heterocycles. The van der Waals surface area contributed by atoms with Crippen LogP contribution in [-0.2, 0) is 4.79 Å². The van der Waals surface area contributed by atoms with Gasteiger partial charge in [0.05, 0.1) is 11.9 Å². The number of hydrogen-bond acceptors (Lipinski definition) is 5. The number of nitrogens with one attached hydrogen (secondary N) is 2. The molecule has 1 aromatic heterocycles. The Morgan fingerprint density at radius 3 is 2.39 bits per heavy atom. The van der Waals surface area contributed by atoms with Crippen molar-refractivity contribution < 1.29 is 4.79 Å². The number of aromatic nitrogens is 2. The van der Waals surface area contributed by atoms with Crippen LogP contribution in [0.3, 0.4) is 0 Å². The summed E-state index contributed by atoms with van der Waals surface area (Å²) in [5.41, 5.74) is 3.40. The van der Waals surface area contributed by atoms with Crippen LogP contribution < -0.4 is 15.5 Å². The molecule has 0 bridgehead atoms. The highest BCUT2D eigenvalue weighted by Gasteiger charge is 2.02. The van der Waals surface area contributed by atoms with Crippen molar-refractivity contribution in [3.63, 3.8) is 0 Å². The molecule has 3 aromatic rings. The zero-order valence-electron chi connectivity index (χ0n) is 15.6. The number of benzene rings is 2. The number of carbonyl (C=O) groups is 1. The third-order valence-electron chi connectivity index (χ3n) is 3.88. The molecule has 2 aromatic carbocycles. The van der Waals surface area contributed by atoms with Crippen LogP contribution in [0.1, 0.15) is 5.56 Å². The molecule has 1 heterocycles. The van der Waals surface area contributed by atoms with E-state index in [2.05, 4.69) is 20.8 Å². The highest BCUT2D eigenvalue weighted by atomic mass is 35.5. The normalized spacial score (nSPS) is 10.7. The summed E-state index contributed by atoms with van der Waals surface area (Å²) in [5.74, 6) is 0.439. The molecule has 28 heavy (non-hydrogen) atoms. The van der Waals surface area contributed by atoms with Crippen LogP contribution in [0.25, 0.3) is 6.08 Å². The van der Waals surface area contributed by atoms with Gasteiger partial charge in [0, 0.05) is 42.6 Å². The third kappa shape index (κ3) is 5.56. The van der Waals surface area contributed by atoms with Crippen molar-refractivity contribution in [1.29, 1.82) is 0 Å². The van der Waals surface area contributed by atoms with Crippen molar-refractivity contribution in [2.24, 2.45) is 0 Å². The van der Waals surface area contributed by atoms with Crippen LogP contribution in [0.4, 0.5) is 22.9 Å². The van der Waals surface area contributed by atoms with E-state index >= 15 is 0 Å². The van der Waals surface area contributed by atoms with Gasteiger partial charge in [-0.25, -0.2) is 0 Å². The molecule has 0 saturated carbocycles. The van der Waals surface area contributed by atoms with Gasteiger partial charge in [-0.2, -0.15) is 5.10 Å². The van der Waals surface area contributed by atoms with Crippen molar-refractivity contribution in [2.45, 2.75) is 0 Å². The fourth-order valence-electron chi connectivity index (χ4n) is 2.38. The zero-order chi connectivity index (χ0) is 19.9. The molecule has 0 aliphatic carbocycles. The standard InChI is InChI=1S/C21H20ClN5O/c1-27(2)19-13-20(26-23-14-19)24-17-8-10-18(11-9-17)25-21(28)12-5-15-3-6-16(22)7-4-15/h3-14H,1-2H3,(H,24,26)(H,25,28)/b12-5+. The van der Waals surface area contributed by atoms with Gasteiger partial charge in [-0.05, 0) is 48.0 Å². The molecule has 0 radical (unpaired) electrons. The lowest BCUT2D eigenvalue weighted by Gasteiger charge is -2.13. The van der Waals surface area contributed by atoms with E-state index in [0.717, 1.165) is 16.9 Å². The predicted octanol–water partition coefficient (Wildman–Crippen LogP) is 4.59. The highest BCUT2D eigenvalue weighted by Crippen LogP contribution is 2.20. The maximum atomic E-state index is 12.1. The summed E-state index contributed by atoms with van der Waals surface area (Å²) in [5, 5.41) is 14.7. The van der Waals surface area contributed by atoms with E-state index in [4.69, 9.17) is 11.6 Å². The van der Waals surface area contributed by atoms with Gasteiger partial charge in [0.15, 0.2) is 5.82 Å². The summed E-state index contributed by atoms with van der Waals surface area (Å²) in [6, 6.07) is 16.5. The molecule has 142 valence electrons. The fraction of sp³-hybridized carbons (Fsp3) is 0.0952. The Labute approximate surface area is 168 Å². The van der Waals surface area contributed by atoms with Gasteiger partial charge in [0.1, 0.15) is 0 Å². The number of hydrogen-bond donors (Lipinski definition) is 2. The third-order valence-corrected chi connectivity index (χ3v) is 4.13. The molecule has 6 nitrogen and oxygen atoms in total. The van der Waals surface area contributed by atoms with Crippen LogP contribution in [0.5, 0.6) is 0 Å². The fourth-order valence-corrected chi connectivity index (χ4v) is 2.50. The first kappa shape index (κ1) is 19.4. The summed E-state index contributed by atoms with van der Waals surface area (Å²) in [6.07, 6.45) is 4.91. The summed E-state index contributed by atoms with van der Waals surface area (Å²) >= 11 is 5.85. The molecule has 0 spiro atoms. The Morgan fingerprint density at radius 2 is 1.71 bits per heavy atom. The van der Waals surface area contributed by atoms with Gasteiger partial charge >= 0.3 is 0 Å². The first-order valence-corrected chi connectivity index (χ1v) is 8.99. The van der Waals surface area contributed by atoms with Crippen molar-refractivity contribution in [3.05, 3.63) is 77.5 Å². The second-order valence-electron chi connectivity index (χ2n) is 6.27. The lowest BCUT2D eigenvalue weighted by atomic mass is 10.2. The van der Waals surface area contributed by atoms with Gasteiger partial charge in [-0.3, -0.25) is 4.79 Å². The Balaban J connectivity index is 1.58. The van der Waals surface area contributed by atoms with Crippen LogP contribution in [0.2, 0.25) is 5.02 Å². The molecule has 0 aliphatic rings. The summed E-state index contributed by atoms with van der Waals surface area (Å²) < 4.78 is 0. The Bertz CT molecular complexity index is 969. The predicted molar refractivity (Wildman–Crippen MR) is 115 cm³/mol. The minimum absolute atomic E-state index is 0.208. The molecule has 1 amide bonds. The van der Waals surface area contributed by atoms with Crippen molar-refractivity contribution >= 4 is 46.5 Å². The van der Waals surface area contributed by atoms with Crippen molar-refractivity contribution in [1.82, 2.24) is 10.2 Å². The van der Waals surface area contributed by atoms with E-state index in [1.54, 1.807) is 24.4 Å². The molecular formula is C21H20ClN5O. The van der Waals surface area contributed by atoms with E-state index in [0.29, 0.717) is 16.5 Å². The van der Waals surface area contributed by atoms with E-state index < -0.39 is 0 Å². The SMILES string of the molecule is CN(C)c1cnnc(Nc2ccc(NC(=O)/C=C/c3ccc(Cl)cc3)cc2)c1. The monoisotopic (exact) mass is 393 g/mol. The van der Waals surface area contributed by atoms with E-state index in [-0.39, 0.29) is 5.91 Å². The minimum atomic E-state index is -0.208. The van der Waals surface area contributed by atoms with Crippen molar-refractivity contribution in [2.75, 3.05) is 29.6 Å². The first-order chi connectivity index (χ1) is 13.5. The largest absolute Gasteiger partial charge is 0.376 e. The lowest BCUT2D eigenvalue weighted by molar-refractivity contribution is -0.111. The number of rotatable bonds is 6. The number of nitrogens with zero attached hydrogens (tertiary/aromatic N) is 3. The maximum Gasteiger partial charge on any atom is 0.248 e. The second-order valence-corrected chi connectivity index (χ2v) is 6.71. The molecule has 0 aliphatic heterocycles. The summed E-state index contributed by atoms with van der Waals surface area (Å²) in [7, 11) is 3.89.